The van der Waals surface area contributed by atoms with Gasteiger partial charge in [-0.2, -0.15) is 0 Å². The Labute approximate surface area is 144 Å². The average molecular weight is 338 g/mol. The van der Waals surface area contributed by atoms with E-state index in [9.17, 15) is 4.79 Å². The Morgan fingerprint density at radius 1 is 1.33 bits per heavy atom. The third kappa shape index (κ3) is 2.50. The molecule has 0 bridgehead atoms. The van der Waals surface area contributed by atoms with E-state index in [2.05, 4.69) is 13.0 Å². The van der Waals surface area contributed by atoms with Crippen molar-refractivity contribution < 1.29 is 9.69 Å². The van der Waals surface area contributed by atoms with Gasteiger partial charge in [0.1, 0.15) is 16.3 Å². The highest BCUT2D eigenvalue weighted by Gasteiger charge is 2.24. The number of ketones is 1. The van der Waals surface area contributed by atoms with Crippen molar-refractivity contribution in [3.8, 4) is 0 Å². The largest absolute Gasteiger partial charge is 0.397 e. The molecule has 122 valence electrons. The first-order chi connectivity index (χ1) is 11.7. The molecule has 1 atom stereocenters. The van der Waals surface area contributed by atoms with Gasteiger partial charge in [-0.15, -0.1) is 11.3 Å². The van der Waals surface area contributed by atoms with E-state index in [1.54, 1.807) is 4.90 Å². The van der Waals surface area contributed by atoms with Gasteiger partial charge in [0, 0.05) is 22.9 Å². The second-order valence-electron chi connectivity index (χ2n) is 6.27. The van der Waals surface area contributed by atoms with Crippen LogP contribution in [0.4, 0.5) is 5.69 Å². The lowest BCUT2D eigenvalue weighted by Crippen LogP contribution is -3.11. The molecule has 2 aromatic heterocycles. The van der Waals surface area contributed by atoms with E-state index in [1.807, 2.05) is 30.3 Å². The summed E-state index contributed by atoms with van der Waals surface area (Å²) in [4.78, 5) is 20.6. The van der Waals surface area contributed by atoms with Gasteiger partial charge in [-0.05, 0) is 13.0 Å². The predicted octanol–water partition coefficient (Wildman–Crippen LogP) is 2.07. The van der Waals surface area contributed by atoms with Crippen LogP contribution in [-0.4, -0.2) is 23.9 Å². The molecule has 4 rings (SSSR count). The predicted molar refractivity (Wildman–Crippen MR) is 97.7 cm³/mol. The fourth-order valence-electron chi connectivity index (χ4n) is 3.33. The van der Waals surface area contributed by atoms with Crippen molar-refractivity contribution in [1.29, 1.82) is 0 Å². The Hall–Kier alpha value is -2.24. The van der Waals surface area contributed by atoms with Gasteiger partial charge in [-0.25, -0.2) is 4.98 Å². The first-order valence-corrected chi connectivity index (χ1v) is 9.13. The number of hydrogen-bond acceptors (Lipinski definition) is 4. The molecule has 0 radical (unpaired) electrons. The van der Waals surface area contributed by atoms with Crippen LogP contribution < -0.4 is 10.6 Å². The van der Waals surface area contributed by atoms with E-state index in [1.165, 1.54) is 22.6 Å². The molecule has 0 aliphatic carbocycles. The highest BCUT2D eigenvalue weighted by Crippen LogP contribution is 2.35. The highest BCUT2D eigenvalue weighted by molar-refractivity contribution is 7.21. The van der Waals surface area contributed by atoms with Crippen LogP contribution in [0.5, 0.6) is 0 Å². The maximum absolute atomic E-state index is 12.8. The summed E-state index contributed by atoms with van der Waals surface area (Å²) < 4.78 is 0. The molecule has 0 saturated carbocycles. The number of nitrogens with two attached hydrogens (primary N) is 1. The molecule has 1 unspecified atom stereocenters. The molecule has 24 heavy (non-hydrogen) atoms. The molecule has 1 aliphatic rings. The number of fused-ring (bicyclic) bond motifs is 2. The van der Waals surface area contributed by atoms with Crippen molar-refractivity contribution in [3.05, 3.63) is 58.1 Å². The van der Waals surface area contributed by atoms with Crippen LogP contribution >= 0.6 is 11.3 Å². The van der Waals surface area contributed by atoms with E-state index in [4.69, 9.17) is 10.7 Å². The number of nitrogens with zero attached hydrogens (tertiary/aromatic N) is 1. The number of quaternary nitrogens is 1. The number of aromatic nitrogens is 1. The molecule has 0 fully saturated rings. The summed E-state index contributed by atoms with van der Waals surface area (Å²) in [5.74, 6) is -0.0186. The van der Waals surface area contributed by atoms with Gasteiger partial charge < -0.3 is 10.6 Å². The topological polar surface area (TPSA) is 60.4 Å². The number of hydrogen-bond donors (Lipinski definition) is 2. The van der Waals surface area contributed by atoms with E-state index in [0.717, 1.165) is 36.3 Å². The lowest BCUT2D eigenvalue weighted by Gasteiger charge is -2.24. The smallest absolute Gasteiger partial charge is 0.205 e. The molecular formula is C19H20N3OS+. The number of likely N-dealkylation sites (N-methyl/N-ethyl adjacent to an activating group) is 1. The summed E-state index contributed by atoms with van der Waals surface area (Å²) in [6.07, 6.45) is 0.994. The van der Waals surface area contributed by atoms with Gasteiger partial charge in [-0.1, -0.05) is 30.3 Å². The van der Waals surface area contributed by atoms with Gasteiger partial charge >= 0.3 is 0 Å². The van der Waals surface area contributed by atoms with Crippen LogP contribution in [-0.2, 0) is 13.0 Å². The molecule has 3 N–H and O–H groups in total. The summed E-state index contributed by atoms with van der Waals surface area (Å²) in [6.45, 7) is 5.45. The number of rotatable bonds is 3. The highest BCUT2D eigenvalue weighted by atomic mass is 32.1. The minimum absolute atomic E-state index is 0.0186. The Bertz CT molecular complexity index is 917. The van der Waals surface area contributed by atoms with Gasteiger partial charge in [0.05, 0.1) is 24.5 Å². The van der Waals surface area contributed by atoms with Crippen LogP contribution in [0.3, 0.4) is 0 Å². The van der Waals surface area contributed by atoms with Crippen LogP contribution in [0.25, 0.3) is 10.2 Å². The number of benzene rings is 1. The molecule has 3 heterocycles. The molecule has 0 spiro atoms. The molecular weight excluding hydrogens is 318 g/mol. The number of carbonyl (C=O) groups excluding carboxylic acids is 1. The Morgan fingerprint density at radius 3 is 2.88 bits per heavy atom. The minimum Gasteiger partial charge on any atom is -0.397 e. The molecule has 3 aromatic rings. The van der Waals surface area contributed by atoms with Gasteiger partial charge in [-0.3, -0.25) is 4.79 Å². The summed E-state index contributed by atoms with van der Waals surface area (Å²) in [5.41, 5.74) is 10.00. The third-order valence-corrected chi connectivity index (χ3v) is 5.90. The van der Waals surface area contributed by atoms with Crippen LogP contribution in [0.15, 0.2) is 36.4 Å². The van der Waals surface area contributed by atoms with Crippen molar-refractivity contribution in [2.45, 2.75) is 19.9 Å². The van der Waals surface area contributed by atoms with E-state index in [-0.39, 0.29) is 5.78 Å². The maximum Gasteiger partial charge on any atom is 0.205 e. The van der Waals surface area contributed by atoms with E-state index < -0.39 is 0 Å². The average Bonchev–Trinajstić information content (AvgIpc) is 2.95. The van der Waals surface area contributed by atoms with Gasteiger partial charge in [0.15, 0.2) is 0 Å². The molecule has 0 amide bonds. The van der Waals surface area contributed by atoms with Crippen molar-refractivity contribution in [2.24, 2.45) is 0 Å². The fraction of sp³-hybridized carbons (Fsp3) is 0.263. The lowest BCUT2D eigenvalue weighted by atomic mass is 10.0. The van der Waals surface area contributed by atoms with Crippen LogP contribution in [0, 0.1) is 0 Å². The quantitative estimate of drug-likeness (QED) is 0.719. The molecule has 4 nitrogen and oxygen atoms in total. The van der Waals surface area contributed by atoms with E-state index in [0.29, 0.717) is 16.1 Å². The number of thiophene rings is 1. The fourth-order valence-corrected chi connectivity index (χ4v) is 4.39. The summed E-state index contributed by atoms with van der Waals surface area (Å²) in [5, 5.41) is 0.926. The SMILES string of the molecule is CC[NH+]1CCc2nc3sc(C(=O)c4ccccc4)c(N)c3cc2C1. The van der Waals surface area contributed by atoms with Crippen molar-refractivity contribution in [2.75, 3.05) is 18.8 Å². The second-order valence-corrected chi connectivity index (χ2v) is 7.27. The Kier molecular flexibility index (Phi) is 3.82. The number of anilines is 1. The number of nitrogen functional groups attached to an aromatic ring is 1. The van der Waals surface area contributed by atoms with Gasteiger partial charge in [0.25, 0.3) is 0 Å². The van der Waals surface area contributed by atoms with Crippen molar-refractivity contribution in [1.82, 2.24) is 4.98 Å². The summed E-state index contributed by atoms with van der Waals surface area (Å²) >= 11 is 1.41. The molecule has 1 aliphatic heterocycles. The monoisotopic (exact) mass is 338 g/mol. The van der Waals surface area contributed by atoms with Crippen molar-refractivity contribution in [3.63, 3.8) is 0 Å². The zero-order valence-electron chi connectivity index (χ0n) is 13.6. The molecule has 1 aromatic carbocycles. The molecule has 5 heteroatoms. The number of pyridine rings is 1. The summed E-state index contributed by atoms with van der Waals surface area (Å²) in [6, 6.07) is 11.5. The Balaban J connectivity index is 1.79. The van der Waals surface area contributed by atoms with Gasteiger partial charge in [0.2, 0.25) is 5.78 Å². The Morgan fingerprint density at radius 2 is 2.12 bits per heavy atom. The normalized spacial score (nSPS) is 17.0. The maximum atomic E-state index is 12.8. The summed E-state index contributed by atoms with van der Waals surface area (Å²) in [7, 11) is 0. The number of nitrogens with one attached hydrogen (secondary N) is 1. The van der Waals surface area contributed by atoms with Crippen LogP contribution in [0.1, 0.15) is 33.4 Å². The van der Waals surface area contributed by atoms with Crippen LogP contribution in [0.2, 0.25) is 0 Å². The minimum atomic E-state index is -0.0186. The molecule has 0 saturated heterocycles. The first kappa shape index (κ1) is 15.3. The van der Waals surface area contributed by atoms with Crippen molar-refractivity contribution >= 4 is 33.0 Å². The second kappa shape index (κ2) is 6.00. The number of carbonyl (C=O) groups is 1. The first-order valence-electron chi connectivity index (χ1n) is 8.31. The lowest BCUT2D eigenvalue weighted by molar-refractivity contribution is -0.914. The zero-order chi connectivity index (χ0) is 16.7. The standard InChI is InChI=1S/C19H19N3OS/c1-2-22-9-8-15-13(11-22)10-14-16(20)18(24-19(14)21-15)17(23)12-6-4-3-5-7-12/h3-7,10H,2,8-9,11,20H2,1H3/p+1. The van der Waals surface area contributed by atoms with E-state index >= 15 is 0 Å². The zero-order valence-corrected chi connectivity index (χ0v) is 14.5. The third-order valence-electron chi connectivity index (χ3n) is 4.79.